The Kier molecular flexibility index (Phi) is 14.4. The highest BCUT2D eigenvalue weighted by molar-refractivity contribution is 6.74. The van der Waals surface area contributed by atoms with Crippen molar-refractivity contribution in [3.63, 3.8) is 0 Å². The summed E-state index contributed by atoms with van der Waals surface area (Å²) >= 11 is 0. The van der Waals surface area contributed by atoms with E-state index in [0.29, 0.717) is 11.1 Å². The fourth-order valence-corrected chi connectivity index (χ4v) is 7.92. The standard InChI is InChI=1S/C38H60N4O8Si2/c1-13-47-38(48-14-2)25-30(34(43)41(39-45)31(28-21-17-15-18-22-28)26-49-51(9,10)36(3,4)5)33(38)35(44)42(40-46)32(29-23-19-16-20-24-29)27-50-52(11,12)37(6,7)8/h15-24,30-33H,13-14,25-27H2,1-12H3/t30-,31-,32-,33-/m0/s1. The molecule has 3 rings (SSSR count). The Morgan fingerprint density at radius 3 is 1.40 bits per heavy atom. The Morgan fingerprint density at radius 1 is 0.712 bits per heavy atom. The van der Waals surface area contributed by atoms with Crippen LogP contribution in [0.1, 0.15) is 85.0 Å². The number of carbonyl (C=O) groups is 2. The third-order valence-corrected chi connectivity index (χ3v) is 20.1. The van der Waals surface area contributed by atoms with E-state index in [-0.39, 0.29) is 42.9 Å². The fraction of sp³-hybridized carbons (Fsp3) is 0.632. The normalized spacial score (nSPS) is 18.8. The molecule has 0 N–H and O–H groups in total. The van der Waals surface area contributed by atoms with E-state index in [2.05, 4.69) is 78.3 Å². The molecule has 52 heavy (non-hydrogen) atoms. The Labute approximate surface area is 312 Å². The van der Waals surface area contributed by atoms with E-state index in [1.807, 2.05) is 48.5 Å². The molecule has 0 bridgehead atoms. The van der Waals surface area contributed by atoms with Gasteiger partial charge in [0.1, 0.15) is 18.0 Å². The smallest absolute Gasteiger partial charge is 0.255 e. The van der Waals surface area contributed by atoms with E-state index >= 15 is 0 Å². The van der Waals surface area contributed by atoms with E-state index in [1.54, 1.807) is 26.0 Å². The topological polar surface area (TPSA) is 136 Å². The van der Waals surface area contributed by atoms with Crippen molar-refractivity contribution in [1.82, 2.24) is 10.0 Å². The minimum Gasteiger partial charge on any atom is -0.414 e. The van der Waals surface area contributed by atoms with Gasteiger partial charge in [0.25, 0.3) is 5.91 Å². The van der Waals surface area contributed by atoms with Crippen LogP contribution in [0.2, 0.25) is 36.3 Å². The average Bonchev–Trinajstić information content (AvgIpc) is 3.06. The number of carbonyl (C=O) groups excluding carboxylic acids is 2. The highest BCUT2D eigenvalue weighted by Crippen LogP contribution is 2.51. The van der Waals surface area contributed by atoms with E-state index in [0.717, 1.165) is 10.0 Å². The molecule has 14 heteroatoms. The Bertz CT molecular complexity index is 1490. The number of hydrogen-bond donors (Lipinski definition) is 0. The van der Waals surface area contributed by atoms with Crippen molar-refractivity contribution >= 4 is 28.4 Å². The van der Waals surface area contributed by atoms with Gasteiger partial charge in [-0.1, -0.05) is 102 Å². The molecule has 0 spiro atoms. The lowest BCUT2D eigenvalue weighted by molar-refractivity contribution is -0.319. The molecular weight excluding hydrogens is 697 g/mol. The molecule has 1 fully saturated rings. The van der Waals surface area contributed by atoms with Crippen molar-refractivity contribution in [2.24, 2.45) is 22.4 Å². The Hall–Kier alpha value is -3.15. The van der Waals surface area contributed by atoms with Crippen molar-refractivity contribution in [1.29, 1.82) is 0 Å². The monoisotopic (exact) mass is 756 g/mol. The van der Waals surface area contributed by atoms with Crippen LogP contribution in [0.4, 0.5) is 0 Å². The molecular formula is C38H60N4O8Si2. The summed E-state index contributed by atoms with van der Waals surface area (Å²) in [5.74, 6) is -5.45. The lowest BCUT2D eigenvalue weighted by Crippen LogP contribution is -2.66. The molecule has 0 heterocycles. The molecule has 2 amide bonds. The summed E-state index contributed by atoms with van der Waals surface area (Å²) in [5, 5.41) is 7.98. The minimum absolute atomic E-state index is 0.00246. The number of nitroso groups, excluding NO2 is 2. The lowest BCUT2D eigenvalue weighted by Gasteiger charge is -2.53. The van der Waals surface area contributed by atoms with Gasteiger partial charge in [-0.2, -0.15) is 10.0 Å². The second-order valence-electron chi connectivity index (χ2n) is 16.5. The van der Waals surface area contributed by atoms with Gasteiger partial charge in [-0.15, -0.1) is 9.81 Å². The summed E-state index contributed by atoms with van der Waals surface area (Å²) in [4.78, 5) is 55.0. The second kappa shape index (κ2) is 17.3. The summed E-state index contributed by atoms with van der Waals surface area (Å²) < 4.78 is 25.3. The molecule has 0 aromatic heterocycles. The second-order valence-corrected chi connectivity index (χ2v) is 26.1. The van der Waals surface area contributed by atoms with Crippen LogP contribution in [0.5, 0.6) is 0 Å². The molecule has 0 radical (unpaired) electrons. The van der Waals surface area contributed by atoms with Crippen LogP contribution in [-0.2, 0) is 27.9 Å². The van der Waals surface area contributed by atoms with E-state index < -0.39 is 58.2 Å². The summed E-state index contributed by atoms with van der Waals surface area (Å²) in [7, 11) is -4.67. The molecule has 12 nitrogen and oxygen atoms in total. The lowest BCUT2D eigenvalue weighted by atomic mass is 9.66. The van der Waals surface area contributed by atoms with Gasteiger partial charge >= 0.3 is 0 Å². The predicted octanol–water partition coefficient (Wildman–Crippen LogP) is 8.94. The van der Waals surface area contributed by atoms with Crippen molar-refractivity contribution < 1.29 is 27.9 Å². The maximum atomic E-state index is 14.8. The van der Waals surface area contributed by atoms with Gasteiger partial charge in [-0.25, -0.2) is 0 Å². The first kappa shape index (κ1) is 43.3. The highest BCUT2D eigenvalue weighted by atomic mass is 28.4. The zero-order valence-corrected chi connectivity index (χ0v) is 35.2. The fourth-order valence-electron chi connectivity index (χ4n) is 5.90. The van der Waals surface area contributed by atoms with E-state index in [4.69, 9.17) is 18.3 Å². The van der Waals surface area contributed by atoms with Crippen molar-refractivity contribution in [3.05, 3.63) is 81.6 Å². The summed E-state index contributed by atoms with van der Waals surface area (Å²) in [6.07, 6.45) is -0.0380. The number of nitrogens with zero attached hydrogens (tertiary/aromatic N) is 4. The first-order valence-corrected chi connectivity index (χ1v) is 24.0. The third kappa shape index (κ3) is 9.50. The minimum atomic E-state index is -2.35. The van der Waals surface area contributed by atoms with E-state index in [9.17, 15) is 19.4 Å². The summed E-state index contributed by atoms with van der Waals surface area (Å²) in [6, 6.07) is 16.4. The van der Waals surface area contributed by atoms with Gasteiger partial charge in [-0.3, -0.25) is 9.59 Å². The molecule has 4 atom stereocenters. The molecule has 1 aliphatic rings. The number of benzene rings is 2. The zero-order chi connectivity index (χ0) is 39.1. The maximum absolute atomic E-state index is 14.8. The molecule has 2 aromatic carbocycles. The average molecular weight is 757 g/mol. The number of ether oxygens (including phenoxy) is 2. The van der Waals surface area contributed by atoms with Crippen LogP contribution in [-0.4, -0.2) is 70.7 Å². The van der Waals surface area contributed by atoms with Crippen LogP contribution in [0.3, 0.4) is 0 Å². The van der Waals surface area contributed by atoms with Crippen molar-refractivity contribution in [2.45, 2.75) is 116 Å². The molecule has 1 aliphatic carbocycles. The molecule has 0 aliphatic heterocycles. The van der Waals surface area contributed by atoms with Crippen LogP contribution >= 0.6 is 0 Å². The Balaban J connectivity index is 2.10. The predicted molar refractivity (Wildman–Crippen MR) is 208 cm³/mol. The first-order valence-electron chi connectivity index (χ1n) is 18.2. The van der Waals surface area contributed by atoms with Gasteiger partial charge in [0, 0.05) is 19.6 Å². The zero-order valence-electron chi connectivity index (χ0n) is 33.2. The Morgan fingerprint density at radius 2 is 1.08 bits per heavy atom. The van der Waals surface area contributed by atoms with Crippen molar-refractivity contribution in [3.8, 4) is 0 Å². The third-order valence-electron chi connectivity index (χ3n) is 11.1. The number of rotatable bonds is 18. The van der Waals surface area contributed by atoms with Crippen LogP contribution in [0.25, 0.3) is 0 Å². The first-order chi connectivity index (χ1) is 24.2. The molecule has 2 aromatic rings. The van der Waals surface area contributed by atoms with Gasteiger partial charge < -0.3 is 18.3 Å². The van der Waals surface area contributed by atoms with Crippen LogP contribution < -0.4 is 0 Å². The largest absolute Gasteiger partial charge is 0.414 e. The highest BCUT2D eigenvalue weighted by Gasteiger charge is 2.65. The quantitative estimate of drug-likeness (QED) is 0.0637. The molecule has 0 unspecified atom stereocenters. The molecule has 1 saturated carbocycles. The van der Waals surface area contributed by atoms with Gasteiger partial charge in [0.05, 0.1) is 29.7 Å². The van der Waals surface area contributed by atoms with Crippen molar-refractivity contribution in [2.75, 3.05) is 26.4 Å². The number of amides is 2. The SMILES string of the molecule is CCOC1(OCC)C[C@H](C(=O)N(N=O)[C@@H](CO[Si](C)(C)C(C)(C)C)c2ccccc2)[C@H]1C(=O)N(N=O)[C@@H](CO[Si](C)(C)C(C)(C)C)c1ccccc1. The van der Waals surface area contributed by atoms with Crippen LogP contribution in [0.15, 0.2) is 71.2 Å². The summed E-state index contributed by atoms with van der Waals surface area (Å²) in [6.45, 7) is 24.9. The number of hydrogen-bond acceptors (Lipinski definition) is 10. The van der Waals surface area contributed by atoms with E-state index in [1.165, 1.54) is 0 Å². The van der Waals surface area contributed by atoms with Gasteiger partial charge in [-0.05, 0) is 61.2 Å². The molecule has 288 valence electrons. The summed E-state index contributed by atoms with van der Waals surface area (Å²) in [5.41, 5.74) is 1.29. The maximum Gasteiger partial charge on any atom is 0.255 e. The van der Waals surface area contributed by atoms with Crippen LogP contribution in [0, 0.1) is 21.6 Å². The molecule has 0 saturated heterocycles. The van der Waals surface area contributed by atoms with Gasteiger partial charge in [0.2, 0.25) is 5.91 Å². The van der Waals surface area contributed by atoms with Gasteiger partial charge in [0.15, 0.2) is 22.4 Å².